The number of rotatable bonds is 1. The highest BCUT2D eigenvalue weighted by Gasteiger charge is 2.27. The average Bonchev–Trinajstić information content (AvgIpc) is 2.27. The van der Waals surface area contributed by atoms with Crippen molar-refractivity contribution < 1.29 is 9.90 Å². The van der Waals surface area contributed by atoms with E-state index in [9.17, 15) is 4.79 Å². The van der Waals surface area contributed by atoms with E-state index in [2.05, 4.69) is 25.8 Å². The SMILES string of the molecule is C[C@@H]1CN(C(=O)O)CCN1c1cc(Cl)cc(Br)n1. The van der Waals surface area contributed by atoms with Crippen molar-refractivity contribution in [2.75, 3.05) is 24.5 Å². The van der Waals surface area contributed by atoms with Crippen LogP contribution in [0.25, 0.3) is 0 Å². The number of nitrogens with zero attached hydrogens (tertiary/aromatic N) is 3. The molecule has 1 aromatic rings. The number of hydrogen-bond donors (Lipinski definition) is 1. The van der Waals surface area contributed by atoms with Gasteiger partial charge in [0.05, 0.1) is 0 Å². The van der Waals surface area contributed by atoms with Crippen LogP contribution in [0.4, 0.5) is 10.6 Å². The van der Waals surface area contributed by atoms with Crippen LogP contribution < -0.4 is 4.90 Å². The van der Waals surface area contributed by atoms with Crippen LogP contribution in [0.5, 0.6) is 0 Å². The average molecular weight is 335 g/mol. The van der Waals surface area contributed by atoms with Gasteiger partial charge in [-0.05, 0) is 35.0 Å². The van der Waals surface area contributed by atoms with Crippen molar-refractivity contribution >= 4 is 39.4 Å². The van der Waals surface area contributed by atoms with Gasteiger partial charge in [0.2, 0.25) is 0 Å². The molecule has 0 aliphatic carbocycles. The first-order chi connectivity index (χ1) is 8.47. The molecule has 2 rings (SSSR count). The maximum Gasteiger partial charge on any atom is 0.407 e. The molecule has 0 spiro atoms. The Hall–Kier alpha value is -1.01. The Bertz CT molecular complexity index is 451. The molecule has 1 atom stereocenters. The van der Waals surface area contributed by atoms with Crippen LogP contribution >= 0.6 is 27.5 Å². The van der Waals surface area contributed by atoms with Crippen molar-refractivity contribution in [1.29, 1.82) is 0 Å². The zero-order chi connectivity index (χ0) is 13.3. The van der Waals surface area contributed by atoms with Crippen molar-refractivity contribution in [1.82, 2.24) is 9.88 Å². The minimum Gasteiger partial charge on any atom is -0.465 e. The second-order valence-corrected chi connectivity index (χ2v) is 5.49. The number of carbonyl (C=O) groups is 1. The Labute approximate surface area is 118 Å². The normalized spacial score (nSPS) is 20.1. The maximum atomic E-state index is 10.9. The Morgan fingerprint density at radius 1 is 1.56 bits per heavy atom. The Kier molecular flexibility index (Phi) is 3.97. The zero-order valence-electron chi connectivity index (χ0n) is 9.81. The van der Waals surface area contributed by atoms with Gasteiger partial charge in [-0.1, -0.05) is 11.6 Å². The zero-order valence-corrected chi connectivity index (χ0v) is 12.1. The minimum atomic E-state index is -0.873. The summed E-state index contributed by atoms with van der Waals surface area (Å²) >= 11 is 9.30. The van der Waals surface area contributed by atoms with E-state index in [0.29, 0.717) is 29.3 Å². The lowest BCUT2D eigenvalue weighted by molar-refractivity contribution is 0.136. The molecule has 1 N–H and O–H groups in total. The summed E-state index contributed by atoms with van der Waals surface area (Å²) in [6, 6.07) is 3.59. The van der Waals surface area contributed by atoms with E-state index in [1.807, 2.05) is 6.92 Å². The number of anilines is 1. The lowest BCUT2D eigenvalue weighted by atomic mass is 10.2. The van der Waals surface area contributed by atoms with Gasteiger partial charge in [-0.25, -0.2) is 9.78 Å². The Morgan fingerprint density at radius 3 is 2.83 bits per heavy atom. The molecule has 0 aromatic carbocycles. The van der Waals surface area contributed by atoms with Crippen LogP contribution in [0.15, 0.2) is 16.7 Å². The fourth-order valence-electron chi connectivity index (χ4n) is 2.07. The van der Waals surface area contributed by atoms with Crippen LogP contribution in [0, 0.1) is 0 Å². The summed E-state index contributed by atoms with van der Waals surface area (Å²) < 4.78 is 0.679. The predicted octanol–water partition coefficient (Wildman–Crippen LogP) is 2.69. The second-order valence-electron chi connectivity index (χ2n) is 4.24. The van der Waals surface area contributed by atoms with Crippen LogP contribution in [-0.4, -0.2) is 46.8 Å². The van der Waals surface area contributed by atoms with E-state index in [1.54, 1.807) is 12.1 Å². The standard InChI is InChI=1S/C11H13BrClN3O2/c1-7-6-15(11(17)18)2-3-16(7)10-5-8(13)4-9(12)14-10/h4-5,7H,2-3,6H2,1H3,(H,17,18)/t7-/m1/s1. The number of piperazine rings is 1. The summed E-state index contributed by atoms with van der Waals surface area (Å²) in [5.74, 6) is 0.770. The van der Waals surface area contributed by atoms with Gasteiger partial charge in [0.15, 0.2) is 0 Å². The molecule has 2 heterocycles. The maximum absolute atomic E-state index is 10.9. The van der Waals surface area contributed by atoms with Crippen molar-refractivity contribution in [3.05, 3.63) is 21.8 Å². The van der Waals surface area contributed by atoms with Crippen LogP contribution in [0.3, 0.4) is 0 Å². The number of hydrogen-bond acceptors (Lipinski definition) is 3. The third-order valence-corrected chi connectivity index (χ3v) is 3.56. The van der Waals surface area contributed by atoms with Gasteiger partial charge < -0.3 is 14.9 Å². The van der Waals surface area contributed by atoms with Gasteiger partial charge in [0.25, 0.3) is 0 Å². The van der Waals surface area contributed by atoms with E-state index >= 15 is 0 Å². The van der Waals surface area contributed by atoms with Gasteiger partial charge in [-0.2, -0.15) is 0 Å². The van der Waals surface area contributed by atoms with Crippen molar-refractivity contribution in [2.45, 2.75) is 13.0 Å². The molecule has 0 unspecified atom stereocenters. The largest absolute Gasteiger partial charge is 0.465 e. The van der Waals surface area contributed by atoms with Crippen molar-refractivity contribution in [3.8, 4) is 0 Å². The molecule has 7 heteroatoms. The molecule has 0 radical (unpaired) electrons. The molecule has 1 amide bonds. The molecule has 1 saturated heterocycles. The highest BCUT2D eigenvalue weighted by atomic mass is 79.9. The summed E-state index contributed by atoms with van der Waals surface area (Å²) in [5.41, 5.74) is 0. The quantitative estimate of drug-likeness (QED) is 0.802. The molecular weight excluding hydrogens is 321 g/mol. The molecule has 1 fully saturated rings. The van der Waals surface area contributed by atoms with Gasteiger partial charge in [0, 0.05) is 30.7 Å². The highest BCUT2D eigenvalue weighted by molar-refractivity contribution is 9.10. The smallest absolute Gasteiger partial charge is 0.407 e. The van der Waals surface area contributed by atoms with E-state index in [-0.39, 0.29) is 6.04 Å². The number of aromatic nitrogens is 1. The minimum absolute atomic E-state index is 0.0766. The molecule has 0 saturated carbocycles. The first-order valence-corrected chi connectivity index (χ1v) is 6.72. The summed E-state index contributed by atoms with van der Waals surface area (Å²) in [4.78, 5) is 18.8. The van der Waals surface area contributed by atoms with Gasteiger partial charge in [0.1, 0.15) is 10.4 Å². The highest BCUT2D eigenvalue weighted by Crippen LogP contribution is 2.24. The molecule has 1 aliphatic rings. The van der Waals surface area contributed by atoms with Crippen molar-refractivity contribution in [2.24, 2.45) is 0 Å². The van der Waals surface area contributed by atoms with Gasteiger partial charge >= 0.3 is 6.09 Å². The lowest BCUT2D eigenvalue weighted by Crippen LogP contribution is -2.53. The van der Waals surface area contributed by atoms with Crippen LogP contribution in [-0.2, 0) is 0 Å². The fourth-order valence-corrected chi connectivity index (χ4v) is 2.83. The predicted molar refractivity (Wildman–Crippen MR) is 73.4 cm³/mol. The van der Waals surface area contributed by atoms with E-state index in [0.717, 1.165) is 5.82 Å². The first kappa shape index (κ1) is 13.4. The second kappa shape index (κ2) is 5.32. The van der Waals surface area contributed by atoms with E-state index < -0.39 is 6.09 Å². The van der Waals surface area contributed by atoms with Crippen molar-refractivity contribution in [3.63, 3.8) is 0 Å². The molecule has 5 nitrogen and oxygen atoms in total. The molecule has 98 valence electrons. The monoisotopic (exact) mass is 333 g/mol. The molecule has 1 aliphatic heterocycles. The van der Waals surface area contributed by atoms with Gasteiger partial charge in [-0.15, -0.1) is 0 Å². The molecular formula is C11H13BrClN3O2. The molecule has 0 bridgehead atoms. The third kappa shape index (κ3) is 2.87. The molecule has 1 aromatic heterocycles. The van der Waals surface area contributed by atoms with Gasteiger partial charge in [-0.3, -0.25) is 0 Å². The number of pyridine rings is 1. The fraction of sp³-hybridized carbons (Fsp3) is 0.455. The van der Waals surface area contributed by atoms with E-state index in [4.69, 9.17) is 16.7 Å². The lowest BCUT2D eigenvalue weighted by Gasteiger charge is -2.39. The van der Waals surface area contributed by atoms with Crippen LogP contribution in [0.2, 0.25) is 5.02 Å². The summed E-state index contributed by atoms with van der Waals surface area (Å²) in [6.07, 6.45) is -0.873. The van der Waals surface area contributed by atoms with E-state index in [1.165, 1.54) is 4.90 Å². The Balaban J connectivity index is 2.17. The summed E-state index contributed by atoms with van der Waals surface area (Å²) in [6.45, 7) is 3.55. The number of halogens is 2. The topological polar surface area (TPSA) is 56.7 Å². The summed E-state index contributed by atoms with van der Waals surface area (Å²) in [5, 5.41) is 9.58. The number of amides is 1. The Morgan fingerprint density at radius 2 is 2.28 bits per heavy atom. The number of carboxylic acid groups (broad SMARTS) is 1. The summed E-state index contributed by atoms with van der Waals surface area (Å²) in [7, 11) is 0. The van der Waals surface area contributed by atoms with Crippen LogP contribution in [0.1, 0.15) is 6.92 Å². The first-order valence-electron chi connectivity index (χ1n) is 5.55. The molecule has 18 heavy (non-hydrogen) atoms. The third-order valence-electron chi connectivity index (χ3n) is 2.94.